The lowest BCUT2D eigenvalue weighted by Crippen LogP contribution is -2.40. The van der Waals surface area contributed by atoms with Gasteiger partial charge in [0.05, 0.1) is 0 Å². The Morgan fingerprint density at radius 2 is 1.95 bits per heavy atom. The van der Waals surface area contributed by atoms with Crippen molar-refractivity contribution in [1.82, 2.24) is 10.6 Å². The normalized spacial score (nSPS) is 16.4. The van der Waals surface area contributed by atoms with Gasteiger partial charge in [-0.1, -0.05) is 19.8 Å². The molecule has 0 saturated heterocycles. The molecule has 4 nitrogen and oxygen atoms in total. The quantitative estimate of drug-likeness (QED) is 0.258. The first-order valence-corrected chi connectivity index (χ1v) is 7.78. The maximum absolute atomic E-state index is 5.46. The fourth-order valence-electron chi connectivity index (χ4n) is 2.20. The molecular formula is C15H32IN3O. The maximum atomic E-state index is 5.46. The molecule has 0 aliphatic heterocycles. The maximum Gasteiger partial charge on any atom is 0.190 e. The number of guanidine groups is 1. The number of nitrogens with zero attached hydrogens (tertiary/aromatic N) is 1. The molecule has 0 atom stereocenters. The van der Waals surface area contributed by atoms with Crippen LogP contribution in [0.3, 0.4) is 0 Å². The number of aliphatic imine (C=N–C) groups is 1. The van der Waals surface area contributed by atoms with Crippen molar-refractivity contribution in [3.63, 3.8) is 0 Å². The van der Waals surface area contributed by atoms with E-state index >= 15 is 0 Å². The summed E-state index contributed by atoms with van der Waals surface area (Å²) in [4.78, 5) is 4.28. The molecule has 1 aliphatic rings. The molecule has 1 aliphatic carbocycles. The molecule has 0 unspecified atom stereocenters. The van der Waals surface area contributed by atoms with Crippen LogP contribution in [-0.2, 0) is 4.74 Å². The molecule has 1 fully saturated rings. The van der Waals surface area contributed by atoms with Crippen molar-refractivity contribution in [2.24, 2.45) is 10.4 Å². The topological polar surface area (TPSA) is 45.7 Å². The molecule has 0 spiro atoms. The van der Waals surface area contributed by atoms with Crippen LogP contribution in [0.15, 0.2) is 4.99 Å². The van der Waals surface area contributed by atoms with Gasteiger partial charge in [0.25, 0.3) is 0 Å². The van der Waals surface area contributed by atoms with Gasteiger partial charge in [0.2, 0.25) is 0 Å². The molecule has 0 bridgehead atoms. The predicted molar refractivity (Wildman–Crippen MR) is 97.1 cm³/mol. The van der Waals surface area contributed by atoms with Crippen LogP contribution in [0.25, 0.3) is 0 Å². The van der Waals surface area contributed by atoms with E-state index in [1.54, 1.807) is 0 Å². The second-order valence-corrected chi connectivity index (χ2v) is 5.51. The van der Waals surface area contributed by atoms with Crippen LogP contribution in [0.1, 0.15) is 52.4 Å². The lowest BCUT2D eigenvalue weighted by Gasteiger charge is -2.18. The number of rotatable bonds is 10. The Morgan fingerprint density at radius 1 is 1.20 bits per heavy atom. The van der Waals surface area contributed by atoms with Crippen molar-refractivity contribution in [3.8, 4) is 0 Å². The zero-order valence-corrected chi connectivity index (χ0v) is 15.7. The minimum absolute atomic E-state index is 0. The molecule has 2 N–H and O–H groups in total. The Morgan fingerprint density at radius 3 is 2.50 bits per heavy atom. The Bertz CT molecular complexity index is 268. The lowest BCUT2D eigenvalue weighted by atomic mass is 10.0. The highest BCUT2D eigenvalue weighted by molar-refractivity contribution is 14.0. The highest BCUT2D eigenvalue weighted by atomic mass is 127. The van der Waals surface area contributed by atoms with Gasteiger partial charge in [-0.2, -0.15) is 0 Å². The summed E-state index contributed by atoms with van der Waals surface area (Å²) in [5.74, 6) is 0.943. The van der Waals surface area contributed by atoms with Crippen LogP contribution >= 0.6 is 24.0 Å². The minimum Gasteiger partial charge on any atom is -0.382 e. The third-order valence-corrected chi connectivity index (χ3v) is 3.87. The van der Waals surface area contributed by atoms with Crippen molar-refractivity contribution in [1.29, 1.82) is 0 Å². The standard InChI is InChI=1S/C15H31N3O.HI/c1-4-6-7-11-17-14(16-3)18-13-15(8-9-15)10-12-19-5-2;/h4-13H2,1-3H3,(H2,16,17,18);1H. The molecule has 0 heterocycles. The van der Waals surface area contributed by atoms with E-state index in [-0.39, 0.29) is 24.0 Å². The van der Waals surface area contributed by atoms with Crippen LogP contribution < -0.4 is 10.6 Å². The number of nitrogens with one attached hydrogen (secondary N) is 2. The van der Waals surface area contributed by atoms with E-state index in [2.05, 4.69) is 29.5 Å². The highest BCUT2D eigenvalue weighted by Crippen LogP contribution is 2.48. The van der Waals surface area contributed by atoms with Gasteiger partial charge >= 0.3 is 0 Å². The highest BCUT2D eigenvalue weighted by Gasteiger charge is 2.41. The Labute approximate surface area is 141 Å². The fourth-order valence-corrected chi connectivity index (χ4v) is 2.20. The van der Waals surface area contributed by atoms with Gasteiger partial charge in [-0.05, 0) is 38.0 Å². The van der Waals surface area contributed by atoms with Gasteiger partial charge in [0, 0.05) is 33.4 Å². The van der Waals surface area contributed by atoms with Gasteiger partial charge < -0.3 is 15.4 Å². The van der Waals surface area contributed by atoms with Gasteiger partial charge in [0.1, 0.15) is 0 Å². The summed E-state index contributed by atoms with van der Waals surface area (Å²) in [7, 11) is 1.84. The summed E-state index contributed by atoms with van der Waals surface area (Å²) in [5, 5.41) is 6.84. The first-order chi connectivity index (χ1) is 9.26. The molecule has 1 saturated carbocycles. The van der Waals surface area contributed by atoms with Crippen molar-refractivity contribution in [3.05, 3.63) is 0 Å². The lowest BCUT2D eigenvalue weighted by molar-refractivity contribution is 0.128. The molecule has 0 radical (unpaired) electrons. The van der Waals surface area contributed by atoms with E-state index in [1.165, 1.54) is 38.5 Å². The third-order valence-electron chi connectivity index (χ3n) is 3.87. The molecule has 120 valence electrons. The minimum atomic E-state index is 0. The Hall–Kier alpha value is -0.0400. The van der Waals surface area contributed by atoms with E-state index in [9.17, 15) is 0 Å². The molecule has 1 rings (SSSR count). The van der Waals surface area contributed by atoms with E-state index in [0.29, 0.717) is 5.41 Å². The zero-order valence-electron chi connectivity index (χ0n) is 13.3. The van der Waals surface area contributed by atoms with Gasteiger partial charge in [-0.3, -0.25) is 4.99 Å². The molecule has 0 aromatic carbocycles. The number of hydrogen-bond donors (Lipinski definition) is 2. The second kappa shape index (κ2) is 11.6. The van der Waals surface area contributed by atoms with Gasteiger partial charge in [-0.25, -0.2) is 0 Å². The van der Waals surface area contributed by atoms with Crippen LogP contribution in [0.5, 0.6) is 0 Å². The zero-order chi connectivity index (χ0) is 14.0. The average molecular weight is 397 g/mol. The number of ether oxygens (including phenoxy) is 1. The van der Waals surface area contributed by atoms with E-state index in [4.69, 9.17) is 4.74 Å². The van der Waals surface area contributed by atoms with Crippen molar-refractivity contribution >= 4 is 29.9 Å². The summed E-state index contributed by atoms with van der Waals surface area (Å²) >= 11 is 0. The van der Waals surface area contributed by atoms with Crippen LogP contribution in [-0.4, -0.2) is 39.3 Å². The first kappa shape index (κ1) is 20.0. The fraction of sp³-hybridized carbons (Fsp3) is 0.933. The van der Waals surface area contributed by atoms with Crippen LogP contribution in [0.2, 0.25) is 0 Å². The molecule has 0 aromatic rings. The van der Waals surface area contributed by atoms with Crippen molar-refractivity contribution < 1.29 is 4.74 Å². The van der Waals surface area contributed by atoms with Crippen LogP contribution in [0.4, 0.5) is 0 Å². The number of hydrogen-bond acceptors (Lipinski definition) is 2. The van der Waals surface area contributed by atoms with E-state index < -0.39 is 0 Å². The predicted octanol–water partition coefficient (Wildman–Crippen LogP) is 3.17. The summed E-state index contributed by atoms with van der Waals surface area (Å²) < 4.78 is 5.46. The summed E-state index contributed by atoms with van der Waals surface area (Å²) in [6.07, 6.45) is 7.56. The van der Waals surface area contributed by atoms with Gasteiger partial charge in [0.15, 0.2) is 5.96 Å². The molecule has 5 heteroatoms. The summed E-state index contributed by atoms with van der Waals surface area (Å²) in [6, 6.07) is 0. The Balaban J connectivity index is 0.00000361. The largest absolute Gasteiger partial charge is 0.382 e. The number of halogens is 1. The van der Waals surface area contributed by atoms with Crippen LogP contribution in [0, 0.1) is 5.41 Å². The smallest absolute Gasteiger partial charge is 0.190 e. The van der Waals surface area contributed by atoms with Gasteiger partial charge in [-0.15, -0.1) is 24.0 Å². The second-order valence-electron chi connectivity index (χ2n) is 5.51. The summed E-state index contributed by atoms with van der Waals surface area (Å²) in [6.45, 7) is 8.03. The molecular weight excluding hydrogens is 365 g/mol. The van der Waals surface area contributed by atoms with E-state index in [1.807, 2.05) is 7.05 Å². The van der Waals surface area contributed by atoms with E-state index in [0.717, 1.165) is 32.3 Å². The molecule has 20 heavy (non-hydrogen) atoms. The summed E-state index contributed by atoms with van der Waals surface area (Å²) in [5.41, 5.74) is 0.468. The Kier molecular flexibility index (Phi) is 11.6. The monoisotopic (exact) mass is 397 g/mol. The third kappa shape index (κ3) is 8.29. The molecule has 0 amide bonds. The number of unbranched alkanes of at least 4 members (excludes halogenated alkanes) is 2. The van der Waals surface area contributed by atoms with Crippen molar-refractivity contribution in [2.75, 3.05) is 33.4 Å². The van der Waals surface area contributed by atoms with Crippen molar-refractivity contribution in [2.45, 2.75) is 52.4 Å². The average Bonchev–Trinajstić information content (AvgIpc) is 3.19. The SMILES string of the molecule is CCCCCNC(=NC)NCC1(CCOCC)CC1.I. The molecule has 0 aromatic heterocycles. The first-order valence-electron chi connectivity index (χ1n) is 7.78.